The van der Waals surface area contributed by atoms with Gasteiger partial charge in [0.15, 0.2) is 0 Å². The fourth-order valence-electron chi connectivity index (χ4n) is 1.57. The van der Waals surface area contributed by atoms with Crippen LogP contribution in [0.3, 0.4) is 0 Å². The summed E-state index contributed by atoms with van der Waals surface area (Å²) in [7, 11) is 0. The summed E-state index contributed by atoms with van der Waals surface area (Å²) in [5.74, 6) is 0. The number of rotatable bonds is 3. The molecule has 15 heavy (non-hydrogen) atoms. The largest absolute Gasteiger partial charge is 0.319 e. The molecule has 0 heterocycles. The normalized spacial score (nSPS) is 10.5. The summed E-state index contributed by atoms with van der Waals surface area (Å²) >= 11 is 0. The average molecular weight is 196 g/mol. The van der Waals surface area contributed by atoms with E-state index in [9.17, 15) is 0 Å². The molecule has 1 radical (unpaired) electrons. The minimum Gasteiger partial charge on any atom is -0.319 e. The monoisotopic (exact) mass is 196 g/mol. The molecule has 1 heteroatoms. The van der Waals surface area contributed by atoms with Crippen LogP contribution in [0.2, 0.25) is 0 Å². The molecule has 75 valence electrons. The Morgan fingerprint density at radius 2 is 1.33 bits per heavy atom. The van der Waals surface area contributed by atoms with Gasteiger partial charge in [-0.05, 0) is 17.5 Å². The molecule has 2 aromatic rings. The van der Waals surface area contributed by atoms with Gasteiger partial charge in [-0.3, -0.25) is 0 Å². The molecule has 0 saturated carbocycles. The predicted molar refractivity (Wildman–Crippen MR) is 63.1 cm³/mol. The van der Waals surface area contributed by atoms with Gasteiger partial charge in [-0.15, -0.1) is 0 Å². The highest BCUT2D eigenvalue weighted by atomic mass is 14.6. The zero-order valence-electron chi connectivity index (χ0n) is 8.56. The highest BCUT2D eigenvalue weighted by Crippen LogP contribution is 2.14. The lowest BCUT2D eigenvalue weighted by molar-refractivity contribution is 0.957. The predicted octanol–water partition coefficient (Wildman–Crippen LogP) is 2.77. The standard InChI is InChI=1S/C14H14N/c15-14(13-9-5-2-6-10-13)11-12-7-3-1-4-8-12/h1-10H,11,15H2. The van der Waals surface area contributed by atoms with E-state index in [1.54, 1.807) is 0 Å². The van der Waals surface area contributed by atoms with Crippen LogP contribution in [0.4, 0.5) is 0 Å². The van der Waals surface area contributed by atoms with Gasteiger partial charge < -0.3 is 5.73 Å². The topological polar surface area (TPSA) is 26.0 Å². The molecule has 0 aliphatic heterocycles. The van der Waals surface area contributed by atoms with Crippen molar-refractivity contribution >= 4 is 0 Å². The Morgan fingerprint density at radius 1 is 0.800 bits per heavy atom. The first-order chi connectivity index (χ1) is 7.36. The van der Waals surface area contributed by atoms with E-state index >= 15 is 0 Å². The Hall–Kier alpha value is -1.60. The van der Waals surface area contributed by atoms with E-state index in [-0.39, 0.29) is 0 Å². The van der Waals surface area contributed by atoms with Crippen LogP contribution in [0.15, 0.2) is 60.7 Å². The molecule has 0 bridgehead atoms. The van der Waals surface area contributed by atoms with Crippen LogP contribution in [0.25, 0.3) is 0 Å². The Morgan fingerprint density at radius 3 is 1.93 bits per heavy atom. The number of hydrogen-bond donors (Lipinski definition) is 1. The van der Waals surface area contributed by atoms with E-state index in [2.05, 4.69) is 12.1 Å². The summed E-state index contributed by atoms with van der Waals surface area (Å²) in [5.41, 5.74) is 8.40. The van der Waals surface area contributed by atoms with E-state index in [0.717, 1.165) is 18.0 Å². The number of benzene rings is 2. The molecule has 0 saturated heterocycles. The highest BCUT2D eigenvalue weighted by Gasteiger charge is 2.06. The average Bonchev–Trinajstić information content (AvgIpc) is 2.31. The molecule has 2 N–H and O–H groups in total. The van der Waals surface area contributed by atoms with Gasteiger partial charge in [0, 0.05) is 0 Å². The van der Waals surface area contributed by atoms with Gasteiger partial charge in [0.1, 0.15) is 0 Å². The zero-order chi connectivity index (χ0) is 10.5. The van der Waals surface area contributed by atoms with Crippen LogP contribution in [0.1, 0.15) is 11.1 Å². The Bertz CT molecular complexity index is 394. The van der Waals surface area contributed by atoms with Gasteiger partial charge >= 0.3 is 0 Å². The first-order valence-corrected chi connectivity index (χ1v) is 5.07. The van der Waals surface area contributed by atoms with E-state index in [0.29, 0.717) is 0 Å². The second-order valence-electron chi connectivity index (χ2n) is 3.55. The minimum atomic E-state index is 0.810. The highest BCUT2D eigenvalue weighted by molar-refractivity contribution is 5.32. The fraction of sp³-hybridized carbons (Fsp3) is 0.0714. The van der Waals surface area contributed by atoms with Gasteiger partial charge in [-0.2, -0.15) is 0 Å². The minimum absolute atomic E-state index is 0.810. The van der Waals surface area contributed by atoms with Crippen LogP contribution < -0.4 is 5.73 Å². The first kappa shape index (κ1) is 9.94. The molecular formula is C14H14N. The van der Waals surface area contributed by atoms with Crippen molar-refractivity contribution in [1.82, 2.24) is 0 Å². The van der Waals surface area contributed by atoms with Crippen LogP contribution in [-0.2, 0) is 6.42 Å². The van der Waals surface area contributed by atoms with Crippen molar-refractivity contribution in [1.29, 1.82) is 0 Å². The maximum atomic E-state index is 6.04. The van der Waals surface area contributed by atoms with Gasteiger partial charge in [0.25, 0.3) is 0 Å². The number of nitrogens with two attached hydrogens (primary N) is 1. The molecule has 0 amide bonds. The summed E-state index contributed by atoms with van der Waals surface area (Å²) in [5, 5.41) is 0. The van der Waals surface area contributed by atoms with Crippen LogP contribution in [0, 0.1) is 6.04 Å². The van der Waals surface area contributed by atoms with Crippen molar-refractivity contribution in [3.63, 3.8) is 0 Å². The lowest BCUT2D eigenvalue weighted by Crippen LogP contribution is -2.14. The quantitative estimate of drug-likeness (QED) is 0.802. The second kappa shape index (κ2) is 4.76. The Kier molecular flexibility index (Phi) is 3.15. The fourth-order valence-corrected chi connectivity index (χ4v) is 1.57. The van der Waals surface area contributed by atoms with Crippen LogP contribution in [0.5, 0.6) is 0 Å². The molecule has 0 aromatic heterocycles. The third-order valence-electron chi connectivity index (χ3n) is 2.38. The van der Waals surface area contributed by atoms with Crippen molar-refractivity contribution in [2.75, 3.05) is 0 Å². The van der Waals surface area contributed by atoms with E-state index in [1.807, 2.05) is 48.5 Å². The third kappa shape index (κ3) is 2.67. The molecular weight excluding hydrogens is 182 g/mol. The lowest BCUT2D eigenvalue weighted by atomic mass is 10.00. The smallest absolute Gasteiger partial charge is 0.0678 e. The van der Waals surface area contributed by atoms with E-state index < -0.39 is 0 Å². The Balaban J connectivity index is 2.08. The molecule has 2 rings (SSSR count). The molecule has 0 atom stereocenters. The molecule has 0 spiro atoms. The SMILES string of the molecule is N[C](Cc1ccccc1)c1ccccc1. The number of hydrogen-bond acceptors (Lipinski definition) is 1. The van der Waals surface area contributed by atoms with Crippen molar-refractivity contribution in [2.24, 2.45) is 5.73 Å². The molecule has 0 unspecified atom stereocenters. The summed E-state index contributed by atoms with van der Waals surface area (Å²) in [6.45, 7) is 0. The van der Waals surface area contributed by atoms with E-state index in [1.165, 1.54) is 5.56 Å². The van der Waals surface area contributed by atoms with Crippen molar-refractivity contribution in [2.45, 2.75) is 6.42 Å². The lowest BCUT2D eigenvalue weighted by Gasteiger charge is -2.10. The maximum absolute atomic E-state index is 6.04. The van der Waals surface area contributed by atoms with Crippen molar-refractivity contribution in [3.05, 3.63) is 77.8 Å². The third-order valence-corrected chi connectivity index (χ3v) is 2.38. The van der Waals surface area contributed by atoms with Gasteiger partial charge in [0.2, 0.25) is 0 Å². The summed E-state index contributed by atoms with van der Waals surface area (Å²) in [6, 6.07) is 21.3. The molecule has 1 nitrogen and oxygen atoms in total. The molecule has 2 aromatic carbocycles. The van der Waals surface area contributed by atoms with Crippen molar-refractivity contribution in [3.8, 4) is 0 Å². The molecule has 0 fully saturated rings. The zero-order valence-corrected chi connectivity index (χ0v) is 8.56. The first-order valence-electron chi connectivity index (χ1n) is 5.07. The van der Waals surface area contributed by atoms with Crippen molar-refractivity contribution < 1.29 is 0 Å². The second-order valence-corrected chi connectivity index (χ2v) is 3.55. The van der Waals surface area contributed by atoms with Gasteiger partial charge in [0.05, 0.1) is 6.04 Å². The summed E-state index contributed by atoms with van der Waals surface area (Å²) in [6.07, 6.45) is 0.810. The van der Waals surface area contributed by atoms with Crippen LogP contribution >= 0.6 is 0 Å². The molecule has 0 aliphatic carbocycles. The molecule has 0 aliphatic rings. The van der Waals surface area contributed by atoms with E-state index in [4.69, 9.17) is 5.73 Å². The Labute approximate surface area is 90.6 Å². The van der Waals surface area contributed by atoms with Gasteiger partial charge in [-0.1, -0.05) is 60.7 Å². The van der Waals surface area contributed by atoms with Crippen LogP contribution in [-0.4, -0.2) is 0 Å². The summed E-state index contributed by atoms with van der Waals surface area (Å²) in [4.78, 5) is 0. The maximum Gasteiger partial charge on any atom is 0.0678 e. The summed E-state index contributed by atoms with van der Waals surface area (Å²) < 4.78 is 0. The van der Waals surface area contributed by atoms with Gasteiger partial charge in [-0.25, -0.2) is 0 Å².